The van der Waals surface area contributed by atoms with Crippen molar-refractivity contribution in [1.29, 1.82) is 0 Å². The monoisotopic (exact) mass is 260 g/mol. The van der Waals surface area contributed by atoms with Crippen molar-refractivity contribution in [3.05, 3.63) is 0 Å². The molecule has 2 atom stereocenters. The number of nitrogens with one attached hydrogen (secondary N) is 1. The number of thioether (sulfide) groups is 1. The maximum absolute atomic E-state index is 11.6. The van der Waals surface area contributed by atoms with Crippen LogP contribution >= 0.6 is 11.8 Å². The molecule has 0 spiro atoms. The van der Waals surface area contributed by atoms with E-state index in [4.69, 9.17) is 10.8 Å². The predicted molar refractivity (Wildman–Crippen MR) is 67.9 cm³/mol. The maximum atomic E-state index is 11.6. The second kappa shape index (κ2) is 6.86. The molecule has 1 saturated carbocycles. The van der Waals surface area contributed by atoms with Gasteiger partial charge in [-0.15, -0.1) is 0 Å². The third-order valence-corrected chi connectivity index (χ3v) is 3.54. The van der Waals surface area contributed by atoms with E-state index >= 15 is 0 Å². The molecule has 0 aromatic heterocycles. The van der Waals surface area contributed by atoms with Gasteiger partial charge in [0.05, 0.1) is 0 Å². The van der Waals surface area contributed by atoms with Gasteiger partial charge < -0.3 is 16.2 Å². The summed E-state index contributed by atoms with van der Waals surface area (Å²) in [5, 5.41) is 11.5. The van der Waals surface area contributed by atoms with Crippen molar-refractivity contribution in [2.45, 2.75) is 37.8 Å². The molecule has 1 unspecified atom stereocenters. The first kappa shape index (κ1) is 14.3. The van der Waals surface area contributed by atoms with Gasteiger partial charge in [-0.1, -0.05) is 0 Å². The maximum Gasteiger partial charge on any atom is 0.326 e. The van der Waals surface area contributed by atoms with E-state index in [0.717, 1.165) is 12.8 Å². The van der Waals surface area contributed by atoms with Gasteiger partial charge in [-0.05, 0) is 37.2 Å². The highest BCUT2D eigenvalue weighted by atomic mass is 32.2. The Bertz CT molecular complexity index is 282. The van der Waals surface area contributed by atoms with E-state index in [1.807, 2.05) is 6.26 Å². The Morgan fingerprint density at radius 2 is 2.18 bits per heavy atom. The Morgan fingerprint density at radius 1 is 1.53 bits per heavy atom. The number of carbonyl (C=O) groups excluding carboxylic acids is 1. The van der Waals surface area contributed by atoms with Crippen molar-refractivity contribution >= 4 is 23.6 Å². The summed E-state index contributed by atoms with van der Waals surface area (Å²) in [6, 6.07) is -0.911. The molecule has 1 aliphatic rings. The van der Waals surface area contributed by atoms with Crippen LogP contribution in [0.2, 0.25) is 0 Å². The van der Waals surface area contributed by atoms with E-state index in [2.05, 4.69) is 5.32 Å². The van der Waals surface area contributed by atoms with Crippen LogP contribution in [0.25, 0.3) is 0 Å². The van der Waals surface area contributed by atoms with E-state index in [1.54, 1.807) is 11.8 Å². The van der Waals surface area contributed by atoms with Crippen LogP contribution in [0.3, 0.4) is 0 Å². The van der Waals surface area contributed by atoms with Crippen LogP contribution in [-0.2, 0) is 9.59 Å². The summed E-state index contributed by atoms with van der Waals surface area (Å²) in [5.41, 5.74) is 5.82. The minimum absolute atomic E-state index is 0.120. The van der Waals surface area contributed by atoms with Crippen LogP contribution in [-0.4, -0.2) is 41.1 Å². The standard InChI is InChI=1S/C11H20N2O3S/c1-17-5-4-9(11(15)16)13-10(14)6-8(12)7-2-3-7/h7-9H,2-6,12H2,1H3,(H,13,14)(H,15,16)/t8?,9-/m1/s1. The summed E-state index contributed by atoms with van der Waals surface area (Å²) in [6.45, 7) is 0. The predicted octanol–water partition coefficient (Wildman–Crippen LogP) is 0.436. The fourth-order valence-electron chi connectivity index (χ4n) is 1.65. The summed E-state index contributed by atoms with van der Waals surface area (Å²) < 4.78 is 0. The van der Waals surface area contributed by atoms with E-state index in [9.17, 15) is 9.59 Å². The first-order valence-electron chi connectivity index (χ1n) is 5.81. The minimum atomic E-state index is -0.979. The number of carboxylic acids is 1. The zero-order valence-electron chi connectivity index (χ0n) is 10.0. The second-order valence-electron chi connectivity index (χ2n) is 4.45. The molecular formula is C11H20N2O3S. The fourth-order valence-corrected chi connectivity index (χ4v) is 2.12. The van der Waals surface area contributed by atoms with Crippen molar-refractivity contribution in [3.63, 3.8) is 0 Å². The topological polar surface area (TPSA) is 92.4 Å². The molecule has 0 heterocycles. The number of aliphatic carboxylic acids is 1. The van der Waals surface area contributed by atoms with Crippen LogP contribution in [0.1, 0.15) is 25.7 Å². The quantitative estimate of drug-likeness (QED) is 0.589. The zero-order valence-corrected chi connectivity index (χ0v) is 10.8. The number of rotatable bonds is 8. The first-order valence-corrected chi connectivity index (χ1v) is 7.20. The van der Waals surface area contributed by atoms with Gasteiger partial charge in [-0.25, -0.2) is 4.79 Å². The Labute approximate surface area is 106 Å². The average Bonchev–Trinajstić information content (AvgIpc) is 3.07. The van der Waals surface area contributed by atoms with Crippen molar-refractivity contribution < 1.29 is 14.7 Å². The summed E-state index contributed by atoms with van der Waals surface area (Å²) >= 11 is 1.56. The van der Waals surface area contributed by atoms with Crippen molar-refractivity contribution in [2.24, 2.45) is 11.7 Å². The second-order valence-corrected chi connectivity index (χ2v) is 5.43. The van der Waals surface area contributed by atoms with Crippen LogP contribution in [0.4, 0.5) is 0 Å². The smallest absolute Gasteiger partial charge is 0.326 e. The molecule has 98 valence electrons. The van der Waals surface area contributed by atoms with E-state index in [1.165, 1.54) is 0 Å². The van der Waals surface area contributed by atoms with E-state index in [-0.39, 0.29) is 18.4 Å². The van der Waals surface area contributed by atoms with Crippen molar-refractivity contribution in [3.8, 4) is 0 Å². The first-order chi connectivity index (χ1) is 8.04. The average molecular weight is 260 g/mol. The van der Waals surface area contributed by atoms with Gasteiger partial charge in [-0.3, -0.25) is 4.79 Å². The largest absolute Gasteiger partial charge is 0.480 e. The number of hydrogen-bond acceptors (Lipinski definition) is 4. The normalized spacial score (nSPS) is 18.5. The molecule has 4 N–H and O–H groups in total. The van der Waals surface area contributed by atoms with Crippen molar-refractivity contribution in [2.75, 3.05) is 12.0 Å². The van der Waals surface area contributed by atoms with Gasteiger partial charge in [0.15, 0.2) is 0 Å². The molecule has 6 heteroatoms. The van der Waals surface area contributed by atoms with Gasteiger partial charge in [0.2, 0.25) is 5.91 Å². The summed E-state index contributed by atoms with van der Waals surface area (Å²) in [6.07, 6.45) is 4.75. The van der Waals surface area contributed by atoms with E-state index < -0.39 is 12.0 Å². The highest BCUT2D eigenvalue weighted by Crippen LogP contribution is 2.32. The van der Waals surface area contributed by atoms with Gasteiger partial charge in [-0.2, -0.15) is 11.8 Å². The molecular weight excluding hydrogens is 240 g/mol. The minimum Gasteiger partial charge on any atom is -0.480 e. The van der Waals surface area contributed by atoms with Crippen LogP contribution in [0.15, 0.2) is 0 Å². The SMILES string of the molecule is CSCC[C@@H](NC(=O)CC(N)C1CC1)C(=O)O. The van der Waals surface area contributed by atoms with Crippen LogP contribution in [0.5, 0.6) is 0 Å². The molecule has 1 aliphatic carbocycles. The molecule has 0 radical (unpaired) electrons. The molecule has 17 heavy (non-hydrogen) atoms. The molecule has 0 aromatic rings. The lowest BCUT2D eigenvalue weighted by atomic mass is 10.1. The molecule has 1 amide bonds. The molecule has 0 bridgehead atoms. The fraction of sp³-hybridized carbons (Fsp3) is 0.818. The van der Waals surface area contributed by atoms with Crippen LogP contribution < -0.4 is 11.1 Å². The molecule has 1 rings (SSSR count). The highest BCUT2D eigenvalue weighted by Gasteiger charge is 2.30. The molecule has 5 nitrogen and oxygen atoms in total. The van der Waals surface area contributed by atoms with Crippen LogP contribution in [0, 0.1) is 5.92 Å². The summed E-state index contributed by atoms with van der Waals surface area (Å²) in [5.74, 6) is -0.0631. The Hall–Kier alpha value is -0.750. The number of hydrogen-bond donors (Lipinski definition) is 3. The zero-order chi connectivity index (χ0) is 12.8. The molecule has 1 fully saturated rings. The molecule has 0 aromatic carbocycles. The third-order valence-electron chi connectivity index (χ3n) is 2.89. The van der Waals surface area contributed by atoms with Gasteiger partial charge in [0.1, 0.15) is 6.04 Å². The van der Waals surface area contributed by atoms with Gasteiger partial charge in [0, 0.05) is 12.5 Å². The Morgan fingerprint density at radius 3 is 2.65 bits per heavy atom. The summed E-state index contributed by atoms with van der Waals surface area (Å²) in [7, 11) is 0. The lowest BCUT2D eigenvalue weighted by Gasteiger charge is -2.16. The number of nitrogens with two attached hydrogens (primary N) is 1. The van der Waals surface area contributed by atoms with E-state index in [0.29, 0.717) is 18.1 Å². The lowest BCUT2D eigenvalue weighted by Crippen LogP contribution is -2.43. The Balaban J connectivity index is 2.31. The Kier molecular flexibility index (Phi) is 5.77. The van der Waals surface area contributed by atoms with Gasteiger partial charge in [0.25, 0.3) is 0 Å². The van der Waals surface area contributed by atoms with Crippen molar-refractivity contribution in [1.82, 2.24) is 5.32 Å². The number of amides is 1. The summed E-state index contributed by atoms with van der Waals surface area (Å²) in [4.78, 5) is 22.5. The number of carbonyl (C=O) groups is 2. The number of carboxylic acid groups (broad SMARTS) is 1. The highest BCUT2D eigenvalue weighted by molar-refractivity contribution is 7.98. The molecule has 0 aliphatic heterocycles. The molecule has 0 saturated heterocycles. The third kappa shape index (κ3) is 5.41. The van der Waals surface area contributed by atoms with Gasteiger partial charge >= 0.3 is 5.97 Å². The lowest BCUT2D eigenvalue weighted by molar-refractivity contribution is -0.141.